The molecular formula is C10H8F6I-. The number of hydrogen-bond donors (Lipinski definition) is 0. The van der Waals surface area contributed by atoms with E-state index in [2.05, 4.69) is 0 Å². The zero-order valence-electron chi connectivity index (χ0n) is 8.58. The molecule has 1 aromatic rings. The van der Waals surface area contributed by atoms with Gasteiger partial charge in [-0.15, -0.1) is 0 Å². The summed E-state index contributed by atoms with van der Waals surface area (Å²) < 4.78 is 75.3. The summed E-state index contributed by atoms with van der Waals surface area (Å²) in [5.74, 6) is 0. The fourth-order valence-electron chi connectivity index (χ4n) is 1.15. The quantitative estimate of drug-likeness (QED) is 0.415. The van der Waals surface area contributed by atoms with Gasteiger partial charge in [-0.2, -0.15) is 0 Å². The Kier molecular flexibility index (Phi) is 4.32. The van der Waals surface area contributed by atoms with Crippen LogP contribution in [0.4, 0.5) is 26.3 Å². The third-order valence-corrected chi connectivity index (χ3v) is 4.11. The second-order valence-electron chi connectivity index (χ2n) is 3.12. The van der Waals surface area contributed by atoms with Gasteiger partial charge in [0.2, 0.25) is 0 Å². The summed E-state index contributed by atoms with van der Waals surface area (Å²) >= 11 is -0.800. The molecule has 1 aromatic carbocycles. The molecule has 0 aliphatic heterocycles. The molecule has 0 aliphatic carbocycles. The van der Waals surface area contributed by atoms with Crippen molar-refractivity contribution >= 4 is 0 Å². The van der Waals surface area contributed by atoms with Crippen LogP contribution in [0.1, 0.15) is 18.1 Å². The monoisotopic (exact) mass is 369 g/mol. The van der Waals surface area contributed by atoms with Crippen molar-refractivity contribution in [1.29, 1.82) is 0 Å². The Morgan fingerprint density at radius 3 is 1.59 bits per heavy atom. The summed E-state index contributed by atoms with van der Waals surface area (Å²) in [6.45, 7) is 1.74. The van der Waals surface area contributed by atoms with Gasteiger partial charge in [-0.3, -0.25) is 0 Å². The van der Waals surface area contributed by atoms with E-state index in [1.165, 1.54) is 0 Å². The van der Waals surface area contributed by atoms with E-state index in [0.717, 1.165) is 12.1 Å². The zero-order valence-corrected chi connectivity index (χ0v) is 10.7. The molecule has 0 unspecified atom stereocenters. The first kappa shape index (κ1) is 14.6. The Bertz CT molecular complexity index is 361. The van der Waals surface area contributed by atoms with Gasteiger partial charge in [0.1, 0.15) is 0 Å². The van der Waals surface area contributed by atoms with Gasteiger partial charge < -0.3 is 0 Å². The van der Waals surface area contributed by atoms with Gasteiger partial charge in [0.25, 0.3) is 0 Å². The molecule has 0 heterocycles. The van der Waals surface area contributed by atoms with E-state index in [1.807, 2.05) is 0 Å². The average Bonchev–Trinajstić information content (AvgIpc) is 2.15. The summed E-state index contributed by atoms with van der Waals surface area (Å²) in [6.07, 6.45) is -9.49. The minimum atomic E-state index is -4.74. The second-order valence-corrected chi connectivity index (χ2v) is 6.66. The molecule has 0 N–H and O–H groups in total. The Hall–Kier alpha value is -0.470. The molecule has 0 aliphatic rings. The van der Waals surface area contributed by atoms with Crippen molar-refractivity contribution in [3.8, 4) is 0 Å². The Labute approximate surface area is 104 Å². The van der Waals surface area contributed by atoms with Gasteiger partial charge in [0.05, 0.1) is 0 Å². The molecule has 98 valence electrons. The number of hydrogen-bond acceptors (Lipinski definition) is 0. The van der Waals surface area contributed by atoms with E-state index in [1.54, 1.807) is 6.92 Å². The fourth-order valence-corrected chi connectivity index (χ4v) is 3.14. The Morgan fingerprint density at radius 2 is 1.29 bits per heavy atom. The maximum absolute atomic E-state index is 12.4. The van der Waals surface area contributed by atoms with Crippen LogP contribution in [-0.2, 0) is 12.4 Å². The number of rotatable bonds is 2. The molecule has 0 aromatic heterocycles. The minimum absolute atomic E-state index is 0.156. The first-order chi connectivity index (χ1) is 7.64. The maximum atomic E-state index is 12.4. The molecule has 0 fully saturated rings. The molecule has 0 nitrogen and oxygen atoms in total. The molecule has 0 amide bonds. The second kappa shape index (κ2) is 5.03. The summed E-state index contributed by atoms with van der Waals surface area (Å²) in [6, 6.07) is 1.78. The molecule has 0 radical (unpaired) electrons. The van der Waals surface area contributed by atoms with Crippen molar-refractivity contribution in [3.63, 3.8) is 0 Å². The van der Waals surface area contributed by atoms with Crippen LogP contribution in [0.5, 0.6) is 0 Å². The molecule has 0 bridgehead atoms. The number of halogens is 7. The van der Waals surface area contributed by atoms with Crippen LogP contribution in [0, 0.1) is 3.57 Å². The van der Waals surface area contributed by atoms with Crippen molar-refractivity contribution in [1.82, 2.24) is 0 Å². The van der Waals surface area contributed by atoms with E-state index in [4.69, 9.17) is 0 Å². The fraction of sp³-hybridized carbons (Fsp3) is 0.400. The van der Waals surface area contributed by atoms with Crippen molar-refractivity contribution in [2.45, 2.75) is 19.3 Å². The third-order valence-electron chi connectivity index (χ3n) is 1.84. The SMILES string of the molecule is CC[I-]c1cc(C(F)(F)F)cc(C(F)(F)F)c1. The van der Waals surface area contributed by atoms with Gasteiger partial charge in [0, 0.05) is 0 Å². The van der Waals surface area contributed by atoms with Crippen molar-refractivity contribution in [2.75, 3.05) is 4.43 Å². The summed E-state index contributed by atoms with van der Waals surface area (Å²) in [7, 11) is 0. The zero-order chi connectivity index (χ0) is 13.3. The van der Waals surface area contributed by atoms with E-state index >= 15 is 0 Å². The van der Waals surface area contributed by atoms with Crippen LogP contribution in [0.25, 0.3) is 0 Å². The van der Waals surface area contributed by atoms with Crippen LogP contribution in [-0.4, -0.2) is 4.43 Å². The summed E-state index contributed by atoms with van der Waals surface area (Å²) in [4.78, 5) is 0. The average molecular weight is 369 g/mol. The van der Waals surface area contributed by atoms with Crippen LogP contribution < -0.4 is 21.2 Å². The Morgan fingerprint density at radius 1 is 0.882 bits per heavy atom. The van der Waals surface area contributed by atoms with E-state index in [9.17, 15) is 26.3 Å². The van der Waals surface area contributed by atoms with Crippen LogP contribution in [0.15, 0.2) is 18.2 Å². The number of benzene rings is 1. The predicted molar refractivity (Wildman–Crippen MR) is 45.7 cm³/mol. The van der Waals surface area contributed by atoms with Gasteiger partial charge in [-0.25, -0.2) is 0 Å². The first-order valence-electron chi connectivity index (χ1n) is 4.53. The molecule has 0 atom stereocenters. The molecule has 0 spiro atoms. The Balaban J connectivity index is 3.29. The number of alkyl halides is 7. The van der Waals surface area contributed by atoms with Crippen molar-refractivity contribution in [2.24, 2.45) is 0 Å². The van der Waals surface area contributed by atoms with Crippen LogP contribution >= 0.6 is 0 Å². The first-order valence-corrected chi connectivity index (χ1v) is 7.13. The standard InChI is InChI=1S/C10H8F6I/c1-2-17-8-4-6(9(11,12)13)3-7(5-8)10(14,15)16/h3-5H,2H2,1H3/q-1. The van der Waals surface area contributed by atoms with Crippen molar-refractivity contribution in [3.05, 3.63) is 32.9 Å². The predicted octanol–water partition coefficient (Wildman–Crippen LogP) is 1.00. The molecule has 7 heteroatoms. The normalized spacial score (nSPS) is 13.1. The van der Waals surface area contributed by atoms with Gasteiger partial charge in [-0.1, -0.05) is 0 Å². The van der Waals surface area contributed by atoms with Crippen LogP contribution in [0.2, 0.25) is 0 Å². The van der Waals surface area contributed by atoms with Crippen LogP contribution in [0.3, 0.4) is 0 Å². The molecule has 17 heavy (non-hydrogen) atoms. The molecule has 0 saturated carbocycles. The van der Waals surface area contributed by atoms with Gasteiger partial charge >= 0.3 is 104 Å². The van der Waals surface area contributed by atoms with Crippen molar-refractivity contribution < 1.29 is 47.5 Å². The third kappa shape index (κ3) is 4.04. The van der Waals surface area contributed by atoms with E-state index in [-0.39, 0.29) is 9.64 Å². The molecular weight excluding hydrogens is 361 g/mol. The van der Waals surface area contributed by atoms with Gasteiger partial charge in [-0.05, 0) is 0 Å². The summed E-state index contributed by atoms with van der Waals surface area (Å²) in [5, 5.41) is 0. The topological polar surface area (TPSA) is 0 Å². The molecule has 1 rings (SSSR count). The molecule has 0 saturated heterocycles. The van der Waals surface area contributed by atoms with E-state index in [0.29, 0.717) is 4.43 Å². The van der Waals surface area contributed by atoms with E-state index < -0.39 is 44.7 Å². The summed E-state index contributed by atoms with van der Waals surface area (Å²) in [5.41, 5.74) is -2.45. The van der Waals surface area contributed by atoms with Gasteiger partial charge in [0.15, 0.2) is 0 Å².